The van der Waals surface area contributed by atoms with Gasteiger partial charge in [-0.2, -0.15) is 0 Å². The van der Waals surface area contributed by atoms with E-state index in [1.54, 1.807) is 6.92 Å². The number of rotatable bonds is 1. The minimum absolute atomic E-state index is 0. The molecule has 0 saturated heterocycles. The third-order valence-electron chi connectivity index (χ3n) is 1.51. The van der Waals surface area contributed by atoms with Crippen molar-refractivity contribution in [3.8, 4) is 0 Å². The summed E-state index contributed by atoms with van der Waals surface area (Å²) in [5, 5.41) is -0.0656. The second-order valence-corrected chi connectivity index (χ2v) is 4.33. The Morgan fingerprint density at radius 2 is 1.93 bits per heavy atom. The van der Waals surface area contributed by atoms with Gasteiger partial charge in [0.15, 0.2) is 0 Å². The Bertz CT molecular complexity index is 446. The van der Waals surface area contributed by atoms with E-state index in [2.05, 4.69) is 0 Å². The Morgan fingerprint density at radius 3 is 2.36 bits per heavy atom. The molecule has 0 radical (unpaired) electrons. The van der Waals surface area contributed by atoms with Crippen LogP contribution in [-0.2, 0) is 10.1 Å². The van der Waals surface area contributed by atoms with Crippen molar-refractivity contribution in [2.75, 3.05) is 5.73 Å². The van der Waals surface area contributed by atoms with Gasteiger partial charge in [0.05, 0.1) is 9.92 Å². The van der Waals surface area contributed by atoms with Crippen molar-refractivity contribution in [2.24, 2.45) is 0 Å². The van der Waals surface area contributed by atoms with Crippen LogP contribution in [0.15, 0.2) is 17.0 Å². The molecule has 14 heavy (non-hydrogen) atoms. The van der Waals surface area contributed by atoms with E-state index < -0.39 is 15.0 Å². The zero-order valence-electron chi connectivity index (χ0n) is 7.74. The van der Waals surface area contributed by atoms with Crippen molar-refractivity contribution in [3.63, 3.8) is 0 Å². The van der Waals surface area contributed by atoms with Gasteiger partial charge in [0, 0.05) is 5.69 Å². The molecule has 1 aromatic carbocycles. The first kappa shape index (κ1) is 14.9. The van der Waals surface area contributed by atoms with E-state index in [9.17, 15) is 13.0 Å². The maximum Gasteiger partial charge on any atom is 1.00 e. The number of nitrogen functional groups attached to an aromatic ring is 1. The number of anilines is 1. The normalized spacial score (nSPS) is 10.8. The summed E-state index contributed by atoms with van der Waals surface area (Å²) in [5.74, 6) is 0. The Labute approximate surface area is 130 Å². The first-order valence-corrected chi connectivity index (χ1v) is 5.12. The van der Waals surface area contributed by atoms with Gasteiger partial charge in [-0.1, -0.05) is 11.6 Å². The van der Waals surface area contributed by atoms with Crippen molar-refractivity contribution < 1.29 is 64.4 Å². The van der Waals surface area contributed by atoms with Crippen molar-refractivity contribution >= 4 is 27.4 Å². The molecule has 72 valence electrons. The van der Waals surface area contributed by atoms with Gasteiger partial charge in [-0.3, -0.25) is 0 Å². The number of nitrogens with two attached hydrogens (primary N) is 1. The monoisotopic (exact) mass is 259 g/mol. The average Bonchev–Trinajstić information content (AvgIpc) is 1.94. The fourth-order valence-corrected chi connectivity index (χ4v) is 2.00. The van der Waals surface area contributed by atoms with Gasteiger partial charge in [0.25, 0.3) is 0 Å². The van der Waals surface area contributed by atoms with Crippen LogP contribution >= 0.6 is 11.6 Å². The van der Waals surface area contributed by atoms with Crippen LogP contribution in [0.2, 0.25) is 5.02 Å². The van der Waals surface area contributed by atoms with Gasteiger partial charge in [-0.05, 0) is 24.6 Å². The molecule has 0 amide bonds. The second kappa shape index (κ2) is 5.27. The number of hydrogen-bond donors (Lipinski definition) is 1. The Morgan fingerprint density at radius 1 is 1.43 bits per heavy atom. The molecule has 0 unspecified atom stereocenters. The van der Waals surface area contributed by atoms with Crippen LogP contribution in [-0.4, -0.2) is 13.0 Å². The topological polar surface area (TPSA) is 83.2 Å². The number of halogens is 1. The zero-order valence-corrected chi connectivity index (χ0v) is 12.4. The van der Waals surface area contributed by atoms with Gasteiger partial charge < -0.3 is 10.3 Å². The van der Waals surface area contributed by atoms with Crippen molar-refractivity contribution in [1.29, 1.82) is 0 Å². The summed E-state index contributed by atoms with van der Waals surface area (Å²) in [4.78, 5) is -0.466. The van der Waals surface area contributed by atoms with E-state index in [0.29, 0.717) is 5.56 Å². The maximum atomic E-state index is 10.7. The predicted octanol–water partition coefficient (Wildman–Crippen LogP) is -1.86. The molecular weight excluding hydrogens is 253 g/mol. The fraction of sp³-hybridized carbons (Fsp3) is 0.143. The smallest absolute Gasteiger partial charge is 0.744 e. The number of aryl methyl sites for hydroxylation is 1. The van der Waals surface area contributed by atoms with Gasteiger partial charge in [0.2, 0.25) is 0 Å². The Hall–Kier alpha value is 0.856. The molecule has 0 aliphatic carbocycles. The average molecular weight is 260 g/mol. The van der Waals surface area contributed by atoms with Crippen LogP contribution in [0.5, 0.6) is 0 Å². The predicted molar refractivity (Wildman–Crippen MR) is 48.6 cm³/mol. The third-order valence-corrected chi connectivity index (χ3v) is 2.99. The summed E-state index contributed by atoms with van der Waals surface area (Å²) >= 11 is 5.62. The van der Waals surface area contributed by atoms with Crippen molar-refractivity contribution in [2.45, 2.75) is 11.8 Å². The molecular formula is C7H7ClKNO3S. The minimum Gasteiger partial charge on any atom is -0.744 e. The number of hydrogen-bond acceptors (Lipinski definition) is 4. The summed E-state index contributed by atoms with van der Waals surface area (Å²) in [6.07, 6.45) is 0. The third kappa shape index (κ3) is 3.46. The van der Waals surface area contributed by atoms with Crippen LogP contribution < -0.4 is 57.1 Å². The van der Waals surface area contributed by atoms with E-state index in [1.807, 2.05) is 0 Å². The zero-order chi connectivity index (χ0) is 10.2. The first-order valence-electron chi connectivity index (χ1n) is 3.34. The molecule has 0 atom stereocenters. The molecule has 0 fully saturated rings. The molecule has 7 heteroatoms. The molecule has 0 spiro atoms. The Kier molecular flexibility index (Phi) is 5.59. The van der Waals surface area contributed by atoms with Crippen LogP contribution in [0.25, 0.3) is 0 Å². The van der Waals surface area contributed by atoms with Crippen LogP contribution in [0.1, 0.15) is 5.56 Å². The molecule has 2 N–H and O–H groups in total. The van der Waals surface area contributed by atoms with Crippen molar-refractivity contribution in [3.05, 3.63) is 22.7 Å². The quantitative estimate of drug-likeness (QED) is 0.364. The van der Waals surface area contributed by atoms with Gasteiger partial charge in [-0.25, -0.2) is 8.42 Å². The summed E-state index contributed by atoms with van der Waals surface area (Å²) in [6.45, 7) is 1.58. The van der Waals surface area contributed by atoms with Gasteiger partial charge >= 0.3 is 51.4 Å². The molecule has 4 nitrogen and oxygen atoms in total. The Balaban J connectivity index is 0.00000169. The van der Waals surface area contributed by atoms with E-state index in [4.69, 9.17) is 17.3 Å². The molecule has 0 aliphatic heterocycles. The van der Waals surface area contributed by atoms with E-state index in [1.165, 1.54) is 6.07 Å². The maximum absolute atomic E-state index is 10.7. The second-order valence-electron chi connectivity index (χ2n) is 2.60. The van der Waals surface area contributed by atoms with E-state index >= 15 is 0 Å². The fourth-order valence-electron chi connectivity index (χ4n) is 0.946. The van der Waals surface area contributed by atoms with Crippen LogP contribution in [0, 0.1) is 6.92 Å². The van der Waals surface area contributed by atoms with Crippen LogP contribution in [0.3, 0.4) is 0 Å². The first-order chi connectivity index (χ1) is 5.82. The standard InChI is InChI=1S/C7H8ClNO3S.K/c1-4-2-5(9)3-6(7(4)8)13(10,11)12;/h2-3H,9H2,1H3,(H,10,11,12);/q;+1/p-1. The molecule has 0 heterocycles. The largest absolute Gasteiger partial charge is 1.00 e. The summed E-state index contributed by atoms with van der Waals surface area (Å²) in [5.41, 5.74) is 6.04. The molecule has 0 aliphatic rings. The van der Waals surface area contributed by atoms with Gasteiger partial charge in [0.1, 0.15) is 10.1 Å². The summed E-state index contributed by atoms with van der Waals surface area (Å²) in [7, 11) is -4.54. The van der Waals surface area contributed by atoms with E-state index in [0.717, 1.165) is 6.07 Å². The molecule has 1 aromatic rings. The molecule has 1 rings (SSSR count). The summed E-state index contributed by atoms with van der Waals surface area (Å²) < 4.78 is 32.0. The van der Waals surface area contributed by atoms with Crippen LogP contribution in [0.4, 0.5) is 5.69 Å². The van der Waals surface area contributed by atoms with Gasteiger partial charge in [-0.15, -0.1) is 0 Å². The molecule has 0 aromatic heterocycles. The van der Waals surface area contributed by atoms with Crippen molar-refractivity contribution in [1.82, 2.24) is 0 Å². The van der Waals surface area contributed by atoms with E-state index in [-0.39, 0.29) is 62.1 Å². The molecule has 0 bridgehead atoms. The SMILES string of the molecule is Cc1cc(N)cc(S(=O)(=O)[O-])c1Cl.[K+]. The molecule has 0 saturated carbocycles. The number of benzene rings is 1. The summed E-state index contributed by atoms with van der Waals surface area (Å²) in [6, 6.07) is 2.55. The minimum atomic E-state index is -4.54.